The van der Waals surface area contributed by atoms with Crippen LogP contribution in [0.3, 0.4) is 0 Å². The van der Waals surface area contributed by atoms with Gasteiger partial charge in [-0.3, -0.25) is 4.79 Å². The zero-order chi connectivity index (χ0) is 21.5. The number of carbonyl (C=O) groups is 2. The normalized spacial score (nSPS) is 15.1. The summed E-state index contributed by atoms with van der Waals surface area (Å²) in [5.41, 5.74) is 11.6. The Bertz CT molecular complexity index is 934. The van der Waals surface area contributed by atoms with E-state index < -0.39 is 11.9 Å². The topological polar surface area (TPSA) is 160 Å². The predicted molar refractivity (Wildman–Crippen MR) is 110 cm³/mol. The number of piperidine rings is 1. The van der Waals surface area contributed by atoms with E-state index in [1.54, 1.807) is 24.3 Å². The van der Waals surface area contributed by atoms with E-state index in [1.165, 1.54) is 6.07 Å². The molecule has 1 amide bonds. The van der Waals surface area contributed by atoms with E-state index in [0.29, 0.717) is 42.5 Å². The van der Waals surface area contributed by atoms with Crippen molar-refractivity contribution in [3.8, 4) is 11.8 Å². The summed E-state index contributed by atoms with van der Waals surface area (Å²) in [4.78, 5) is 33.3. The Hall–Kier alpha value is -3.71. The van der Waals surface area contributed by atoms with Crippen LogP contribution in [0.1, 0.15) is 28.9 Å². The average molecular weight is 409 g/mol. The second-order valence-corrected chi connectivity index (χ2v) is 6.87. The number of ether oxygens (including phenoxy) is 1. The summed E-state index contributed by atoms with van der Waals surface area (Å²) in [5, 5.41) is 11.7. The molecule has 2 heterocycles. The maximum atomic E-state index is 11.7. The highest BCUT2D eigenvalue weighted by molar-refractivity contribution is 5.92. The maximum Gasteiger partial charge on any atom is 0.267 e. The third-order valence-electron chi connectivity index (χ3n) is 4.73. The Morgan fingerprint density at radius 1 is 1.33 bits per heavy atom. The number of nitrogens with two attached hydrogens (primary N) is 2. The molecule has 3 rings (SSSR count). The van der Waals surface area contributed by atoms with E-state index in [1.807, 2.05) is 4.90 Å². The van der Waals surface area contributed by atoms with Crippen molar-refractivity contribution in [1.29, 1.82) is 5.26 Å². The SMILES string of the molecule is N#Cc1ccc(OC2CCN(c3nc(N[C@H](C=O)CN)cc(C(N)=O)n3)CC2)cc1. The quantitative estimate of drug-likeness (QED) is 0.525. The number of hydrogen-bond acceptors (Lipinski definition) is 9. The molecule has 1 aliphatic heterocycles. The van der Waals surface area contributed by atoms with Crippen molar-refractivity contribution in [1.82, 2.24) is 9.97 Å². The minimum Gasteiger partial charge on any atom is -0.490 e. The van der Waals surface area contributed by atoms with E-state index in [-0.39, 0.29) is 18.3 Å². The molecule has 0 unspecified atom stereocenters. The standard InChI is InChI=1S/C20H23N7O3/c21-10-13-1-3-15(4-2-13)30-16-5-7-27(8-6-16)20-25-17(19(23)29)9-18(26-20)24-14(11-22)12-28/h1-4,9,12,14,16H,5-8,11,22H2,(H2,23,29)(H,24,25,26)/t14-/m0/s1. The highest BCUT2D eigenvalue weighted by Gasteiger charge is 2.24. The van der Waals surface area contributed by atoms with Crippen LogP contribution in [-0.4, -0.2) is 53.9 Å². The van der Waals surface area contributed by atoms with Crippen LogP contribution in [0.2, 0.25) is 0 Å². The fraction of sp³-hybridized carbons (Fsp3) is 0.350. The van der Waals surface area contributed by atoms with Crippen LogP contribution in [0.5, 0.6) is 5.75 Å². The number of amides is 1. The molecule has 1 aromatic heterocycles. The lowest BCUT2D eigenvalue weighted by Gasteiger charge is -2.32. The van der Waals surface area contributed by atoms with Crippen molar-refractivity contribution < 1.29 is 14.3 Å². The Balaban J connectivity index is 1.67. The molecular weight excluding hydrogens is 386 g/mol. The number of aldehydes is 1. The minimum atomic E-state index is -0.684. The van der Waals surface area contributed by atoms with Gasteiger partial charge in [-0.25, -0.2) is 4.98 Å². The Morgan fingerprint density at radius 3 is 2.60 bits per heavy atom. The first-order chi connectivity index (χ1) is 14.5. The van der Waals surface area contributed by atoms with Gasteiger partial charge in [0.05, 0.1) is 17.7 Å². The molecule has 1 saturated heterocycles. The monoisotopic (exact) mass is 409 g/mol. The zero-order valence-corrected chi connectivity index (χ0v) is 16.3. The van der Waals surface area contributed by atoms with Crippen LogP contribution in [0.15, 0.2) is 30.3 Å². The molecule has 1 atom stereocenters. The lowest BCUT2D eigenvalue weighted by atomic mass is 10.1. The van der Waals surface area contributed by atoms with Crippen LogP contribution < -0.4 is 26.4 Å². The van der Waals surface area contributed by atoms with Crippen LogP contribution in [0, 0.1) is 11.3 Å². The summed E-state index contributed by atoms with van der Waals surface area (Å²) >= 11 is 0. The van der Waals surface area contributed by atoms with Crippen LogP contribution in [0.4, 0.5) is 11.8 Å². The lowest BCUT2D eigenvalue weighted by Crippen LogP contribution is -2.39. The number of nitrogens with zero attached hydrogens (tertiary/aromatic N) is 4. The van der Waals surface area contributed by atoms with Crippen molar-refractivity contribution in [3.63, 3.8) is 0 Å². The summed E-state index contributed by atoms with van der Waals surface area (Å²) in [6.07, 6.45) is 2.15. The molecule has 2 aromatic rings. The Kier molecular flexibility index (Phi) is 6.77. The van der Waals surface area contributed by atoms with Crippen molar-refractivity contribution in [2.24, 2.45) is 11.5 Å². The molecule has 1 aromatic carbocycles. The number of primary amides is 1. The van der Waals surface area contributed by atoms with Gasteiger partial charge < -0.3 is 31.2 Å². The summed E-state index contributed by atoms with van der Waals surface area (Å²) in [6, 6.07) is 9.85. The van der Waals surface area contributed by atoms with Gasteiger partial charge in [0.2, 0.25) is 5.95 Å². The lowest BCUT2D eigenvalue weighted by molar-refractivity contribution is -0.108. The average Bonchev–Trinajstić information content (AvgIpc) is 2.78. The van der Waals surface area contributed by atoms with Gasteiger partial charge in [-0.2, -0.15) is 10.2 Å². The third-order valence-corrected chi connectivity index (χ3v) is 4.73. The Morgan fingerprint density at radius 2 is 2.03 bits per heavy atom. The number of hydrogen-bond donors (Lipinski definition) is 3. The molecule has 1 aliphatic rings. The molecule has 0 bridgehead atoms. The number of carbonyl (C=O) groups excluding carboxylic acids is 2. The van der Waals surface area contributed by atoms with Crippen molar-refractivity contribution in [2.45, 2.75) is 25.0 Å². The molecule has 0 aliphatic carbocycles. The second kappa shape index (κ2) is 9.67. The van der Waals surface area contributed by atoms with E-state index in [9.17, 15) is 9.59 Å². The molecule has 10 heteroatoms. The van der Waals surface area contributed by atoms with E-state index in [2.05, 4.69) is 21.4 Å². The van der Waals surface area contributed by atoms with E-state index in [0.717, 1.165) is 12.8 Å². The van der Waals surface area contributed by atoms with Gasteiger partial charge in [0, 0.05) is 38.5 Å². The highest BCUT2D eigenvalue weighted by Crippen LogP contribution is 2.23. The molecule has 0 radical (unpaired) electrons. The second-order valence-electron chi connectivity index (χ2n) is 6.87. The number of rotatable bonds is 8. The third kappa shape index (κ3) is 5.21. The summed E-state index contributed by atoms with van der Waals surface area (Å²) in [7, 11) is 0. The maximum absolute atomic E-state index is 11.7. The number of anilines is 2. The van der Waals surface area contributed by atoms with Gasteiger partial charge >= 0.3 is 0 Å². The largest absolute Gasteiger partial charge is 0.490 e. The molecule has 30 heavy (non-hydrogen) atoms. The molecular formula is C20H23N7O3. The van der Waals surface area contributed by atoms with E-state index in [4.69, 9.17) is 21.5 Å². The van der Waals surface area contributed by atoms with Gasteiger partial charge in [-0.15, -0.1) is 0 Å². The smallest absolute Gasteiger partial charge is 0.267 e. The molecule has 1 fully saturated rings. The molecule has 5 N–H and O–H groups in total. The number of nitriles is 1. The fourth-order valence-corrected chi connectivity index (χ4v) is 3.09. The molecule has 0 spiro atoms. The van der Waals surface area contributed by atoms with Gasteiger partial charge in [0.1, 0.15) is 29.7 Å². The first-order valence-electron chi connectivity index (χ1n) is 9.55. The molecule has 10 nitrogen and oxygen atoms in total. The zero-order valence-electron chi connectivity index (χ0n) is 16.3. The van der Waals surface area contributed by atoms with Gasteiger partial charge in [0.15, 0.2) is 0 Å². The number of benzene rings is 1. The van der Waals surface area contributed by atoms with Crippen LogP contribution in [0.25, 0.3) is 0 Å². The Labute approximate surface area is 173 Å². The van der Waals surface area contributed by atoms with Crippen LogP contribution in [-0.2, 0) is 4.79 Å². The van der Waals surface area contributed by atoms with Crippen molar-refractivity contribution in [2.75, 3.05) is 29.9 Å². The molecule has 156 valence electrons. The van der Waals surface area contributed by atoms with Gasteiger partial charge in [0.25, 0.3) is 5.91 Å². The summed E-state index contributed by atoms with van der Waals surface area (Å²) < 4.78 is 5.99. The number of aromatic nitrogens is 2. The number of nitrogens with one attached hydrogen (secondary N) is 1. The van der Waals surface area contributed by atoms with Crippen LogP contribution >= 0.6 is 0 Å². The molecule has 0 saturated carbocycles. The highest BCUT2D eigenvalue weighted by atomic mass is 16.5. The predicted octanol–water partition coefficient (Wildman–Crippen LogP) is 0.433. The summed E-state index contributed by atoms with van der Waals surface area (Å²) in [6.45, 7) is 1.33. The first-order valence-corrected chi connectivity index (χ1v) is 9.55. The van der Waals surface area contributed by atoms with E-state index >= 15 is 0 Å². The summed E-state index contributed by atoms with van der Waals surface area (Å²) in [5.74, 6) is 0.698. The van der Waals surface area contributed by atoms with Crippen molar-refractivity contribution in [3.05, 3.63) is 41.6 Å². The fourth-order valence-electron chi connectivity index (χ4n) is 3.09. The first kappa shape index (κ1) is 21.0. The minimum absolute atomic E-state index is 0.0165. The van der Waals surface area contributed by atoms with Gasteiger partial charge in [-0.1, -0.05) is 0 Å². The van der Waals surface area contributed by atoms with Gasteiger partial charge in [-0.05, 0) is 24.3 Å². The van der Waals surface area contributed by atoms with Crippen molar-refractivity contribution >= 4 is 24.0 Å².